The molecule has 0 radical (unpaired) electrons. The highest BCUT2D eigenvalue weighted by atomic mass is 16.3. The lowest BCUT2D eigenvalue weighted by atomic mass is 9.98. The predicted molar refractivity (Wildman–Crippen MR) is 161 cm³/mol. The van der Waals surface area contributed by atoms with Crippen LogP contribution in [0, 0.1) is 24.7 Å². The number of hydrogen-bond donors (Lipinski definition) is 4. The van der Waals surface area contributed by atoms with E-state index in [9.17, 15) is 24.3 Å². The first-order valence-electron chi connectivity index (χ1n) is 14.3. The molecule has 3 amide bonds. The Hall–Kier alpha value is -3.88. The minimum atomic E-state index is -0.878. The molecule has 0 unspecified atom stereocenters. The van der Waals surface area contributed by atoms with Crippen molar-refractivity contribution in [3.8, 4) is 5.75 Å². The van der Waals surface area contributed by atoms with Gasteiger partial charge < -0.3 is 21.1 Å². The summed E-state index contributed by atoms with van der Waals surface area (Å²) in [4.78, 5) is 52.5. The van der Waals surface area contributed by atoms with Crippen molar-refractivity contribution in [3.05, 3.63) is 66.0 Å². The first-order valence-corrected chi connectivity index (χ1v) is 14.3. The van der Waals surface area contributed by atoms with Crippen molar-refractivity contribution in [2.75, 3.05) is 0 Å². The van der Waals surface area contributed by atoms with Crippen molar-refractivity contribution in [1.82, 2.24) is 20.5 Å². The van der Waals surface area contributed by atoms with Gasteiger partial charge in [-0.2, -0.15) is 0 Å². The Morgan fingerprint density at radius 3 is 1.88 bits per heavy atom. The molecule has 3 atom stereocenters. The van der Waals surface area contributed by atoms with Crippen molar-refractivity contribution in [1.29, 1.82) is 0 Å². The molecule has 0 aliphatic heterocycles. The van der Waals surface area contributed by atoms with Crippen LogP contribution >= 0.6 is 0 Å². The average molecular weight is 567 g/mol. The first-order chi connectivity index (χ1) is 19.3. The second kappa shape index (κ2) is 15.8. The maximum atomic E-state index is 13.5. The van der Waals surface area contributed by atoms with Crippen LogP contribution < -0.4 is 16.0 Å². The number of phenols is 1. The first kappa shape index (κ1) is 33.3. The Kier molecular flexibility index (Phi) is 12.8. The van der Waals surface area contributed by atoms with E-state index in [-0.39, 0.29) is 40.9 Å². The van der Waals surface area contributed by atoms with Crippen molar-refractivity contribution in [2.45, 2.75) is 85.9 Å². The number of benzene rings is 1. The van der Waals surface area contributed by atoms with Crippen molar-refractivity contribution in [3.63, 3.8) is 0 Å². The van der Waals surface area contributed by atoms with E-state index in [0.717, 1.165) is 0 Å². The van der Waals surface area contributed by atoms with Gasteiger partial charge in [0.1, 0.15) is 17.8 Å². The molecule has 0 aliphatic carbocycles. The zero-order valence-corrected chi connectivity index (χ0v) is 25.3. The third kappa shape index (κ3) is 10.9. The molecule has 0 bridgehead atoms. The molecule has 0 aliphatic rings. The molecule has 1 aromatic heterocycles. The van der Waals surface area contributed by atoms with E-state index in [1.807, 2.05) is 41.5 Å². The molecule has 0 saturated heterocycles. The zero-order valence-electron chi connectivity index (χ0n) is 25.3. The molecule has 2 aromatic rings. The number of aromatic nitrogens is 1. The monoisotopic (exact) mass is 566 g/mol. The summed E-state index contributed by atoms with van der Waals surface area (Å²) in [6, 6.07) is 6.07. The Balaban J connectivity index is 2.21. The van der Waals surface area contributed by atoms with E-state index in [4.69, 9.17) is 0 Å². The number of phenolic OH excluding ortho intramolecular Hbond substituents is 1. The van der Waals surface area contributed by atoms with Gasteiger partial charge in [0.2, 0.25) is 11.8 Å². The fourth-order valence-electron chi connectivity index (χ4n) is 4.53. The lowest BCUT2D eigenvalue weighted by Gasteiger charge is -2.27. The fraction of sp³-hybridized carbons (Fsp3) is 0.500. The van der Waals surface area contributed by atoms with Crippen LogP contribution in [0.2, 0.25) is 0 Å². The van der Waals surface area contributed by atoms with E-state index < -0.39 is 29.9 Å². The summed E-state index contributed by atoms with van der Waals surface area (Å²) in [5.74, 6) is -1.07. The van der Waals surface area contributed by atoms with E-state index in [1.54, 1.807) is 49.7 Å². The van der Waals surface area contributed by atoms with Crippen LogP contribution in [-0.4, -0.2) is 51.4 Å². The molecule has 9 nitrogen and oxygen atoms in total. The van der Waals surface area contributed by atoms with Gasteiger partial charge in [0, 0.05) is 35.6 Å². The van der Waals surface area contributed by atoms with E-state index in [0.29, 0.717) is 24.8 Å². The largest absolute Gasteiger partial charge is 0.508 e. The number of nitrogens with one attached hydrogen (secondary N) is 3. The molecular weight excluding hydrogens is 520 g/mol. The number of carbonyl (C=O) groups excluding carboxylic acids is 4. The van der Waals surface area contributed by atoms with Crippen LogP contribution in [0.3, 0.4) is 0 Å². The van der Waals surface area contributed by atoms with Crippen molar-refractivity contribution >= 4 is 23.6 Å². The Morgan fingerprint density at radius 2 is 1.32 bits per heavy atom. The van der Waals surface area contributed by atoms with Gasteiger partial charge in [-0.1, -0.05) is 53.7 Å². The Bertz CT molecular complexity index is 1200. The molecule has 41 heavy (non-hydrogen) atoms. The summed E-state index contributed by atoms with van der Waals surface area (Å²) in [5, 5.41) is 18.7. The highest BCUT2D eigenvalue weighted by Gasteiger charge is 2.29. The van der Waals surface area contributed by atoms with Gasteiger partial charge in [-0.05, 0) is 68.2 Å². The van der Waals surface area contributed by atoms with E-state index in [2.05, 4.69) is 16.0 Å². The van der Waals surface area contributed by atoms with Gasteiger partial charge in [-0.25, -0.2) is 0 Å². The van der Waals surface area contributed by atoms with Crippen LogP contribution in [0.4, 0.5) is 0 Å². The Morgan fingerprint density at radius 1 is 0.780 bits per heavy atom. The third-order valence-corrected chi connectivity index (χ3v) is 6.60. The normalized spacial score (nSPS) is 13.8. The number of rotatable bonds is 14. The Labute approximate surface area is 243 Å². The van der Waals surface area contributed by atoms with E-state index in [1.165, 1.54) is 16.7 Å². The topological polar surface area (TPSA) is 130 Å². The van der Waals surface area contributed by atoms with Gasteiger partial charge in [0.15, 0.2) is 0 Å². The average Bonchev–Trinajstić information content (AvgIpc) is 3.42. The van der Waals surface area contributed by atoms with Crippen molar-refractivity contribution < 1.29 is 24.3 Å². The van der Waals surface area contributed by atoms with Crippen LogP contribution in [0.25, 0.3) is 0 Å². The van der Waals surface area contributed by atoms with Gasteiger partial charge in [0.25, 0.3) is 11.8 Å². The van der Waals surface area contributed by atoms with Crippen LogP contribution in [0.1, 0.15) is 81.5 Å². The molecule has 0 fully saturated rings. The maximum Gasteiger partial charge on any atom is 0.254 e. The maximum absolute atomic E-state index is 13.5. The summed E-state index contributed by atoms with van der Waals surface area (Å²) in [7, 11) is 0. The highest BCUT2D eigenvalue weighted by Crippen LogP contribution is 2.20. The number of amides is 3. The summed E-state index contributed by atoms with van der Waals surface area (Å²) in [6.45, 7) is 13.5. The minimum absolute atomic E-state index is 0.00348. The third-order valence-electron chi connectivity index (χ3n) is 6.60. The van der Waals surface area contributed by atoms with Gasteiger partial charge >= 0.3 is 0 Å². The molecule has 2 rings (SSSR count). The molecule has 9 heteroatoms. The van der Waals surface area contributed by atoms with Crippen molar-refractivity contribution in [2.24, 2.45) is 17.8 Å². The number of carbonyl (C=O) groups is 4. The smallest absolute Gasteiger partial charge is 0.254 e. The predicted octanol–water partition coefficient (Wildman–Crippen LogP) is 4.61. The lowest BCUT2D eigenvalue weighted by molar-refractivity contribution is -0.130. The summed E-state index contributed by atoms with van der Waals surface area (Å²) in [5.41, 5.74) is 0.700. The molecule has 1 heterocycles. The van der Waals surface area contributed by atoms with Gasteiger partial charge in [-0.3, -0.25) is 23.7 Å². The molecule has 4 N–H and O–H groups in total. The standard InChI is InChI=1S/C32H46N4O5/c1-20(2)17-24(13-14-29(38)36-15-8-9-16-36)33-31(40)26(18-21(3)4)35-32(41)27(19-22(5)6)34-30(39)25-11-10-12-28(37)23(25)7/h8-16,20-22,24,26-27,37H,17-19H2,1-7H3,(H,33,40)(H,34,39)(H,35,41)/b14-13+/t24-,26+,27+/m1/s1. The SMILES string of the molecule is Cc1c(O)cccc1C(=O)N[C@@H](CC(C)C)C(=O)N[C@@H](CC(C)C)C(=O)N[C@H](/C=C/C(=O)n1cccc1)CC(C)C. The number of nitrogens with zero attached hydrogens (tertiary/aromatic N) is 1. The molecule has 1 aromatic carbocycles. The van der Waals surface area contributed by atoms with Crippen LogP contribution in [-0.2, 0) is 9.59 Å². The number of hydrogen-bond acceptors (Lipinski definition) is 5. The van der Waals surface area contributed by atoms with Crippen LogP contribution in [0.15, 0.2) is 54.9 Å². The zero-order chi connectivity index (χ0) is 30.7. The number of aromatic hydroxyl groups is 1. The van der Waals surface area contributed by atoms with E-state index >= 15 is 0 Å². The molecular formula is C32H46N4O5. The minimum Gasteiger partial charge on any atom is -0.508 e. The molecule has 224 valence electrons. The second-order valence-electron chi connectivity index (χ2n) is 11.8. The summed E-state index contributed by atoms with van der Waals surface area (Å²) >= 11 is 0. The van der Waals surface area contributed by atoms with Gasteiger partial charge in [0.05, 0.1) is 0 Å². The highest BCUT2D eigenvalue weighted by molar-refractivity contribution is 5.99. The molecule has 0 spiro atoms. The lowest BCUT2D eigenvalue weighted by Crippen LogP contribution is -2.55. The number of allylic oxidation sites excluding steroid dienone is 1. The summed E-state index contributed by atoms with van der Waals surface area (Å²) < 4.78 is 1.45. The quantitative estimate of drug-likeness (QED) is 0.248. The summed E-state index contributed by atoms with van der Waals surface area (Å²) in [6.07, 6.45) is 7.82. The van der Waals surface area contributed by atoms with Crippen LogP contribution in [0.5, 0.6) is 5.75 Å². The second-order valence-corrected chi connectivity index (χ2v) is 11.8. The van der Waals surface area contributed by atoms with Gasteiger partial charge in [-0.15, -0.1) is 0 Å². The molecule has 0 saturated carbocycles. The fourth-order valence-corrected chi connectivity index (χ4v) is 4.53.